The Hall–Kier alpha value is -3.17. The van der Waals surface area contributed by atoms with Gasteiger partial charge in [0.15, 0.2) is 11.5 Å². The van der Waals surface area contributed by atoms with Crippen LogP contribution < -0.4 is 14.8 Å². The molecule has 0 aliphatic carbocycles. The van der Waals surface area contributed by atoms with Crippen molar-refractivity contribution in [2.24, 2.45) is 0 Å². The topological polar surface area (TPSA) is 97.8 Å². The van der Waals surface area contributed by atoms with Gasteiger partial charge in [-0.1, -0.05) is 41.0 Å². The highest BCUT2D eigenvalue weighted by Gasteiger charge is 2.13. The summed E-state index contributed by atoms with van der Waals surface area (Å²) in [6.07, 6.45) is 1.80. The highest BCUT2D eigenvalue weighted by molar-refractivity contribution is 7.13. The van der Waals surface area contributed by atoms with Gasteiger partial charge < -0.3 is 14.8 Å². The number of nitrogens with zero attached hydrogens (tertiary/aromatic N) is 4. The lowest BCUT2D eigenvalue weighted by atomic mass is 10.1. The summed E-state index contributed by atoms with van der Waals surface area (Å²) in [6.45, 7) is 0.836. The number of aromatic amines is 1. The minimum atomic E-state index is 0.370. The minimum Gasteiger partial charge on any atom is -0.493 e. The van der Waals surface area contributed by atoms with Crippen molar-refractivity contribution in [3.63, 3.8) is 0 Å². The van der Waals surface area contributed by atoms with E-state index in [9.17, 15) is 0 Å². The third-order valence-corrected chi connectivity index (χ3v) is 5.20. The van der Waals surface area contributed by atoms with E-state index in [4.69, 9.17) is 21.1 Å². The number of rotatable bonds is 8. The fourth-order valence-electron chi connectivity index (χ4n) is 2.70. The number of ether oxygens (including phenoxy) is 2. The predicted octanol–water partition coefficient (Wildman–Crippen LogP) is 4.18. The maximum absolute atomic E-state index is 6.44. The molecule has 0 radical (unpaired) electrons. The standard InChI is InChI=1S/C19H17ClN6O2S/c1-27-16-9-13(10-22-19-23-25-26-24-19)8-15(20)17(16)28-11-12-2-4-14(5-3-12)18-21-6-7-29-18/h2-9H,10-11H2,1H3,(H2,22,23,24,25,26). The maximum atomic E-state index is 6.44. The van der Waals surface area contributed by atoms with Gasteiger partial charge in [0.05, 0.1) is 12.1 Å². The third kappa shape index (κ3) is 4.64. The van der Waals surface area contributed by atoms with Crippen molar-refractivity contribution >= 4 is 28.9 Å². The molecule has 2 aromatic heterocycles. The van der Waals surface area contributed by atoms with Crippen molar-refractivity contribution < 1.29 is 9.47 Å². The van der Waals surface area contributed by atoms with Gasteiger partial charge in [0.1, 0.15) is 11.6 Å². The van der Waals surface area contributed by atoms with E-state index in [0.29, 0.717) is 35.6 Å². The molecule has 0 saturated carbocycles. The van der Waals surface area contributed by atoms with Crippen LogP contribution in [0, 0.1) is 0 Å². The Morgan fingerprint density at radius 2 is 2.03 bits per heavy atom. The first-order chi connectivity index (χ1) is 14.2. The number of aromatic nitrogens is 5. The molecular weight excluding hydrogens is 412 g/mol. The first-order valence-corrected chi connectivity index (χ1v) is 9.94. The lowest BCUT2D eigenvalue weighted by Crippen LogP contribution is -2.03. The van der Waals surface area contributed by atoms with E-state index in [0.717, 1.165) is 21.7 Å². The van der Waals surface area contributed by atoms with Crippen molar-refractivity contribution in [1.29, 1.82) is 0 Å². The number of anilines is 1. The lowest BCUT2D eigenvalue weighted by Gasteiger charge is -2.14. The maximum Gasteiger partial charge on any atom is 0.263 e. The number of hydrogen-bond acceptors (Lipinski definition) is 8. The average Bonchev–Trinajstić information content (AvgIpc) is 3.45. The second kappa shape index (κ2) is 8.89. The van der Waals surface area contributed by atoms with Gasteiger partial charge in [-0.2, -0.15) is 5.21 Å². The zero-order chi connectivity index (χ0) is 20.1. The van der Waals surface area contributed by atoms with Crippen LogP contribution in [0.5, 0.6) is 11.5 Å². The number of nitrogens with one attached hydrogen (secondary N) is 2. The van der Waals surface area contributed by atoms with E-state index in [2.05, 4.69) is 30.9 Å². The monoisotopic (exact) mass is 428 g/mol. The van der Waals surface area contributed by atoms with E-state index in [1.54, 1.807) is 24.6 Å². The number of thiazole rings is 1. The summed E-state index contributed by atoms with van der Waals surface area (Å²) in [6, 6.07) is 11.8. The fraction of sp³-hybridized carbons (Fsp3) is 0.158. The summed E-state index contributed by atoms with van der Waals surface area (Å²) in [7, 11) is 1.58. The Balaban J connectivity index is 1.43. The quantitative estimate of drug-likeness (QED) is 0.434. The van der Waals surface area contributed by atoms with Crippen LogP contribution in [0.15, 0.2) is 48.0 Å². The first kappa shape index (κ1) is 19.2. The SMILES string of the molecule is COc1cc(CNc2nn[nH]n2)cc(Cl)c1OCc1ccc(-c2nccs2)cc1. The molecule has 4 rings (SSSR count). The van der Waals surface area contributed by atoms with Crippen LogP contribution in [-0.4, -0.2) is 32.7 Å². The smallest absolute Gasteiger partial charge is 0.263 e. The normalized spacial score (nSPS) is 10.7. The van der Waals surface area contributed by atoms with E-state index >= 15 is 0 Å². The summed E-state index contributed by atoms with van der Waals surface area (Å²) in [5.74, 6) is 1.46. The van der Waals surface area contributed by atoms with Gasteiger partial charge in [0.25, 0.3) is 5.95 Å². The van der Waals surface area contributed by atoms with Gasteiger partial charge in [-0.15, -0.1) is 16.4 Å². The number of tetrazole rings is 1. The van der Waals surface area contributed by atoms with Gasteiger partial charge in [-0.25, -0.2) is 4.98 Å². The van der Waals surface area contributed by atoms with Crippen LogP contribution in [0.1, 0.15) is 11.1 Å². The molecule has 0 unspecified atom stereocenters. The highest BCUT2D eigenvalue weighted by atomic mass is 35.5. The molecule has 0 saturated heterocycles. The molecule has 0 aliphatic rings. The summed E-state index contributed by atoms with van der Waals surface area (Å²) in [5, 5.41) is 20.0. The summed E-state index contributed by atoms with van der Waals surface area (Å²) in [4.78, 5) is 4.32. The molecule has 0 atom stereocenters. The van der Waals surface area contributed by atoms with Gasteiger partial charge in [0.2, 0.25) is 0 Å². The minimum absolute atomic E-state index is 0.370. The molecule has 2 N–H and O–H groups in total. The Morgan fingerprint density at radius 3 is 2.72 bits per heavy atom. The number of methoxy groups -OCH3 is 1. The van der Waals surface area contributed by atoms with E-state index in [1.807, 2.05) is 41.8 Å². The number of benzene rings is 2. The molecule has 10 heteroatoms. The van der Waals surface area contributed by atoms with Crippen molar-refractivity contribution in [2.75, 3.05) is 12.4 Å². The van der Waals surface area contributed by atoms with Crippen LogP contribution in [0.4, 0.5) is 5.95 Å². The van der Waals surface area contributed by atoms with Gasteiger partial charge in [0, 0.05) is 23.7 Å². The van der Waals surface area contributed by atoms with Crippen LogP contribution in [0.2, 0.25) is 5.02 Å². The molecule has 2 aromatic carbocycles. The fourth-order valence-corrected chi connectivity index (χ4v) is 3.63. The first-order valence-electron chi connectivity index (χ1n) is 8.68. The largest absolute Gasteiger partial charge is 0.493 e. The Labute approximate surface area is 175 Å². The van der Waals surface area contributed by atoms with Crippen LogP contribution >= 0.6 is 22.9 Å². The second-order valence-corrected chi connectivity index (χ2v) is 7.32. The molecule has 0 bridgehead atoms. The Kier molecular flexibility index (Phi) is 5.87. The summed E-state index contributed by atoms with van der Waals surface area (Å²) < 4.78 is 11.4. The second-order valence-electron chi connectivity index (χ2n) is 6.02. The number of halogens is 1. The third-order valence-electron chi connectivity index (χ3n) is 4.10. The van der Waals surface area contributed by atoms with Crippen molar-refractivity contribution in [3.05, 3.63) is 64.1 Å². The van der Waals surface area contributed by atoms with E-state index in [-0.39, 0.29) is 0 Å². The van der Waals surface area contributed by atoms with Crippen molar-refractivity contribution in [3.8, 4) is 22.1 Å². The van der Waals surface area contributed by atoms with E-state index in [1.165, 1.54) is 0 Å². The zero-order valence-corrected chi connectivity index (χ0v) is 17.0. The molecule has 2 heterocycles. The number of hydrogen-bond donors (Lipinski definition) is 2. The lowest BCUT2D eigenvalue weighted by molar-refractivity contribution is 0.284. The molecule has 0 spiro atoms. The highest BCUT2D eigenvalue weighted by Crippen LogP contribution is 2.37. The predicted molar refractivity (Wildman–Crippen MR) is 111 cm³/mol. The average molecular weight is 429 g/mol. The van der Waals surface area contributed by atoms with Crippen LogP contribution in [0.25, 0.3) is 10.6 Å². The number of H-pyrrole nitrogens is 1. The van der Waals surface area contributed by atoms with E-state index < -0.39 is 0 Å². The van der Waals surface area contributed by atoms with Crippen molar-refractivity contribution in [1.82, 2.24) is 25.6 Å². The van der Waals surface area contributed by atoms with Gasteiger partial charge in [-0.3, -0.25) is 0 Å². The molecule has 4 aromatic rings. The molecule has 0 fully saturated rings. The van der Waals surface area contributed by atoms with Crippen LogP contribution in [-0.2, 0) is 13.2 Å². The summed E-state index contributed by atoms with van der Waals surface area (Å²) >= 11 is 8.05. The molecule has 8 nitrogen and oxygen atoms in total. The Bertz CT molecular complexity index is 1060. The van der Waals surface area contributed by atoms with Gasteiger partial charge in [-0.05, 0) is 28.5 Å². The summed E-state index contributed by atoms with van der Waals surface area (Å²) in [5.41, 5.74) is 3.00. The zero-order valence-electron chi connectivity index (χ0n) is 15.4. The molecule has 29 heavy (non-hydrogen) atoms. The molecule has 148 valence electrons. The van der Waals surface area contributed by atoms with Crippen LogP contribution in [0.3, 0.4) is 0 Å². The van der Waals surface area contributed by atoms with Gasteiger partial charge >= 0.3 is 0 Å². The molecule has 0 aliphatic heterocycles. The Morgan fingerprint density at radius 1 is 1.17 bits per heavy atom. The van der Waals surface area contributed by atoms with Crippen molar-refractivity contribution in [2.45, 2.75) is 13.2 Å². The molecular formula is C19H17ClN6O2S. The molecule has 0 amide bonds.